The molecule has 0 radical (unpaired) electrons. The number of rotatable bonds is 4. The van der Waals surface area contributed by atoms with E-state index in [2.05, 4.69) is 27.7 Å². The van der Waals surface area contributed by atoms with Crippen molar-refractivity contribution in [1.82, 2.24) is 0 Å². The predicted molar refractivity (Wildman–Crippen MR) is 46.6 cm³/mol. The summed E-state index contributed by atoms with van der Waals surface area (Å²) >= 11 is 0. The molecule has 0 bridgehead atoms. The first-order valence-corrected chi connectivity index (χ1v) is 4.14. The molecule has 0 saturated heterocycles. The Morgan fingerprint density at radius 1 is 1.30 bits per heavy atom. The zero-order valence-electron chi connectivity index (χ0n) is 7.52. The van der Waals surface area contributed by atoms with Crippen molar-refractivity contribution in [2.75, 3.05) is 0 Å². The lowest BCUT2D eigenvalue weighted by molar-refractivity contribution is 0.320. The van der Waals surface area contributed by atoms with Crippen molar-refractivity contribution in [2.45, 2.75) is 34.1 Å². The molecule has 1 N–H and O–H groups in total. The molecule has 0 aliphatic rings. The van der Waals surface area contributed by atoms with E-state index in [1.807, 2.05) is 0 Å². The summed E-state index contributed by atoms with van der Waals surface area (Å²) in [6, 6.07) is 0. The van der Waals surface area contributed by atoms with E-state index in [0.29, 0.717) is 17.8 Å². The van der Waals surface area contributed by atoms with E-state index in [1.54, 1.807) is 6.21 Å². The largest absolute Gasteiger partial charge is 0.313 e. The summed E-state index contributed by atoms with van der Waals surface area (Å²) in [5.41, 5.74) is 0. The van der Waals surface area contributed by atoms with Gasteiger partial charge in [-0.3, -0.25) is 0 Å². The quantitative estimate of drug-likeness (QED) is 0.582. The second-order valence-electron chi connectivity index (χ2n) is 3.34. The highest BCUT2D eigenvalue weighted by atomic mass is 14.4. The van der Waals surface area contributed by atoms with Crippen LogP contribution in [0.2, 0.25) is 0 Å². The molecule has 2 atom stereocenters. The molecule has 0 aliphatic carbocycles. The molecule has 0 fully saturated rings. The van der Waals surface area contributed by atoms with Gasteiger partial charge < -0.3 is 5.41 Å². The molecule has 10 heavy (non-hydrogen) atoms. The van der Waals surface area contributed by atoms with Crippen LogP contribution in [0.5, 0.6) is 0 Å². The van der Waals surface area contributed by atoms with E-state index >= 15 is 0 Å². The van der Waals surface area contributed by atoms with Gasteiger partial charge in [0.2, 0.25) is 0 Å². The van der Waals surface area contributed by atoms with Crippen LogP contribution in [0.25, 0.3) is 0 Å². The molecule has 60 valence electrons. The van der Waals surface area contributed by atoms with Crippen LogP contribution in [0, 0.1) is 23.2 Å². The summed E-state index contributed by atoms with van der Waals surface area (Å²) < 4.78 is 0. The molecule has 0 aromatic rings. The topological polar surface area (TPSA) is 23.9 Å². The molecule has 0 rings (SSSR count). The molecule has 0 aromatic carbocycles. The van der Waals surface area contributed by atoms with Crippen LogP contribution in [0.15, 0.2) is 0 Å². The van der Waals surface area contributed by atoms with Crippen LogP contribution < -0.4 is 0 Å². The predicted octanol–water partition coefficient (Wildman–Crippen LogP) is 2.95. The summed E-state index contributed by atoms with van der Waals surface area (Å²) in [7, 11) is 0. The van der Waals surface area contributed by atoms with Crippen molar-refractivity contribution < 1.29 is 0 Å². The Morgan fingerprint density at radius 3 is 1.90 bits per heavy atom. The van der Waals surface area contributed by atoms with Crippen molar-refractivity contribution in [3.05, 3.63) is 0 Å². The van der Waals surface area contributed by atoms with E-state index in [9.17, 15) is 0 Å². The highest BCUT2D eigenvalue weighted by molar-refractivity contribution is 5.56. The molecule has 1 unspecified atom stereocenters. The summed E-state index contributed by atoms with van der Waals surface area (Å²) in [5.74, 6) is 1.85. The van der Waals surface area contributed by atoms with Crippen LogP contribution in [-0.4, -0.2) is 6.21 Å². The minimum Gasteiger partial charge on any atom is -0.313 e. The highest BCUT2D eigenvalue weighted by Crippen LogP contribution is 2.22. The summed E-state index contributed by atoms with van der Waals surface area (Å²) in [5, 5.41) is 7.11. The number of hydrogen-bond donors (Lipinski definition) is 1. The molecule has 0 amide bonds. The third-order valence-electron chi connectivity index (χ3n) is 2.27. The summed E-state index contributed by atoms with van der Waals surface area (Å²) in [6.07, 6.45) is 2.75. The Balaban J connectivity index is 3.92. The lowest BCUT2D eigenvalue weighted by atomic mass is 9.83. The van der Waals surface area contributed by atoms with Gasteiger partial charge in [0, 0.05) is 0 Å². The van der Waals surface area contributed by atoms with E-state index in [0.717, 1.165) is 0 Å². The third kappa shape index (κ3) is 2.51. The first-order chi connectivity index (χ1) is 4.63. The zero-order chi connectivity index (χ0) is 8.15. The van der Waals surface area contributed by atoms with Gasteiger partial charge in [0.1, 0.15) is 0 Å². The zero-order valence-corrected chi connectivity index (χ0v) is 7.52. The molecule has 1 heteroatoms. The minimum absolute atomic E-state index is 0.449. The average molecular weight is 141 g/mol. The fraction of sp³-hybridized carbons (Fsp3) is 0.889. The second-order valence-corrected chi connectivity index (χ2v) is 3.34. The van der Waals surface area contributed by atoms with Crippen molar-refractivity contribution in [1.29, 1.82) is 5.41 Å². The molecule has 0 heterocycles. The fourth-order valence-electron chi connectivity index (χ4n) is 1.57. The second kappa shape index (κ2) is 4.48. The molecule has 0 aromatic heterocycles. The Bertz CT molecular complexity index is 96.9. The van der Waals surface area contributed by atoms with Gasteiger partial charge in [0.15, 0.2) is 0 Å². The van der Waals surface area contributed by atoms with Crippen LogP contribution in [0.1, 0.15) is 34.1 Å². The monoisotopic (exact) mass is 141 g/mol. The lowest BCUT2D eigenvalue weighted by Crippen LogP contribution is -2.17. The molecular weight excluding hydrogens is 122 g/mol. The van der Waals surface area contributed by atoms with Gasteiger partial charge in [-0.1, -0.05) is 34.1 Å². The van der Waals surface area contributed by atoms with Crippen LogP contribution in [0.3, 0.4) is 0 Å². The molecule has 0 spiro atoms. The molecular formula is C9H19N. The maximum atomic E-state index is 7.11. The Hall–Kier alpha value is -0.330. The van der Waals surface area contributed by atoms with E-state index in [1.165, 1.54) is 6.42 Å². The van der Waals surface area contributed by atoms with E-state index < -0.39 is 0 Å². The van der Waals surface area contributed by atoms with Crippen molar-refractivity contribution in [2.24, 2.45) is 17.8 Å². The Kier molecular flexibility index (Phi) is 4.33. The Morgan fingerprint density at radius 2 is 1.80 bits per heavy atom. The van der Waals surface area contributed by atoms with Gasteiger partial charge in [-0.2, -0.15) is 0 Å². The maximum Gasteiger partial charge on any atom is -0.00166 e. The van der Waals surface area contributed by atoms with Gasteiger partial charge in [-0.15, -0.1) is 0 Å². The fourth-order valence-corrected chi connectivity index (χ4v) is 1.57. The summed E-state index contributed by atoms with van der Waals surface area (Å²) in [4.78, 5) is 0. The van der Waals surface area contributed by atoms with Gasteiger partial charge in [-0.05, 0) is 24.0 Å². The first-order valence-electron chi connectivity index (χ1n) is 4.14. The maximum absolute atomic E-state index is 7.11. The minimum atomic E-state index is 0.449. The van der Waals surface area contributed by atoms with Gasteiger partial charge >= 0.3 is 0 Å². The summed E-state index contributed by atoms with van der Waals surface area (Å²) in [6.45, 7) is 8.79. The van der Waals surface area contributed by atoms with Crippen molar-refractivity contribution >= 4 is 6.21 Å². The van der Waals surface area contributed by atoms with E-state index in [-0.39, 0.29) is 0 Å². The normalized spacial score (nSPS) is 16.9. The van der Waals surface area contributed by atoms with Crippen LogP contribution >= 0.6 is 0 Å². The van der Waals surface area contributed by atoms with E-state index in [4.69, 9.17) is 5.41 Å². The lowest BCUT2D eigenvalue weighted by Gasteiger charge is -2.22. The van der Waals surface area contributed by atoms with Gasteiger partial charge in [0.25, 0.3) is 0 Å². The van der Waals surface area contributed by atoms with Crippen molar-refractivity contribution in [3.63, 3.8) is 0 Å². The SMILES string of the molecule is CC[C@@H](C(C)C)C(C)C=N. The standard InChI is InChI=1S/C9H19N/c1-5-9(7(2)3)8(4)6-10/h6-10H,5H2,1-4H3/t8?,9-/m0/s1. The average Bonchev–Trinajstić information content (AvgIpc) is 1.88. The molecule has 0 aliphatic heterocycles. The number of hydrogen-bond acceptors (Lipinski definition) is 1. The van der Waals surface area contributed by atoms with Crippen LogP contribution in [0.4, 0.5) is 0 Å². The molecule has 1 nitrogen and oxygen atoms in total. The van der Waals surface area contributed by atoms with Crippen molar-refractivity contribution in [3.8, 4) is 0 Å². The molecule has 0 saturated carbocycles. The smallest absolute Gasteiger partial charge is 0.00166 e. The first kappa shape index (κ1) is 9.67. The third-order valence-corrected chi connectivity index (χ3v) is 2.27. The highest BCUT2D eigenvalue weighted by Gasteiger charge is 2.16. The van der Waals surface area contributed by atoms with Gasteiger partial charge in [-0.25, -0.2) is 0 Å². The number of nitrogens with one attached hydrogen (secondary N) is 1. The van der Waals surface area contributed by atoms with Crippen LogP contribution in [-0.2, 0) is 0 Å². The van der Waals surface area contributed by atoms with Gasteiger partial charge in [0.05, 0.1) is 0 Å². The Labute approximate surface area is 64.3 Å².